The van der Waals surface area contributed by atoms with Gasteiger partial charge in [0.15, 0.2) is 11.5 Å². The quantitative estimate of drug-likeness (QED) is 0.182. The predicted molar refractivity (Wildman–Crippen MR) is 166 cm³/mol. The maximum absolute atomic E-state index is 12.3. The molecule has 10 heteroatoms. The van der Waals surface area contributed by atoms with E-state index in [1.165, 1.54) is 7.11 Å². The van der Waals surface area contributed by atoms with Crippen LogP contribution in [0.4, 0.5) is 9.59 Å². The molecule has 2 amide bonds. The van der Waals surface area contributed by atoms with Crippen LogP contribution in [0, 0.1) is 0 Å². The maximum atomic E-state index is 12.3. The van der Waals surface area contributed by atoms with Gasteiger partial charge >= 0.3 is 6.09 Å². The van der Waals surface area contributed by atoms with Gasteiger partial charge in [0.1, 0.15) is 18.4 Å². The number of hydrogen-bond donors (Lipinski definition) is 3. The molecule has 45 heavy (non-hydrogen) atoms. The summed E-state index contributed by atoms with van der Waals surface area (Å²) in [7, 11) is 1.53. The summed E-state index contributed by atoms with van der Waals surface area (Å²) < 4.78 is 16.9. The average molecular weight is 614 g/mol. The molecule has 3 N–H and O–H groups in total. The van der Waals surface area contributed by atoms with Gasteiger partial charge in [-0.2, -0.15) is 0 Å². The first-order chi connectivity index (χ1) is 21.9. The number of carbonyl (C=O) groups excluding carboxylic acids is 2. The second-order valence-electron chi connectivity index (χ2n) is 10.4. The van der Waals surface area contributed by atoms with Gasteiger partial charge in [0, 0.05) is 6.54 Å². The average Bonchev–Trinajstić information content (AvgIpc) is 3.06. The van der Waals surface area contributed by atoms with Gasteiger partial charge in [0.05, 0.1) is 32.4 Å². The Morgan fingerprint density at radius 1 is 0.778 bits per heavy atom. The van der Waals surface area contributed by atoms with Crippen molar-refractivity contribution in [3.8, 4) is 17.2 Å². The smallest absolute Gasteiger partial charge is 0.407 e. The molecule has 10 nitrogen and oxygen atoms in total. The Bertz CT molecular complexity index is 1500. The Kier molecular flexibility index (Phi) is 12.2. The number of carboxylic acid groups (broad SMARTS) is 1. The SMILES string of the molecule is COc1ccc(CC(CO)NC(=O)OCc2ccccc2)cc1Oc1ccc(CC(CO)N(Cc2ccccc2)C(=O)[O-])cc1. The highest BCUT2D eigenvalue weighted by Gasteiger charge is 2.19. The third-order valence-electron chi connectivity index (χ3n) is 7.17. The number of aliphatic hydroxyl groups is 2. The van der Waals surface area contributed by atoms with Crippen molar-refractivity contribution in [3.63, 3.8) is 0 Å². The molecule has 0 radical (unpaired) electrons. The van der Waals surface area contributed by atoms with Gasteiger partial charge in [-0.25, -0.2) is 4.79 Å². The van der Waals surface area contributed by atoms with Gasteiger partial charge in [0.25, 0.3) is 0 Å². The van der Waals surface area contributed by atoms with Crippen LogP contribution < -0.4 is 19.9 Å². The molecule has 2 atom stereocenters. The minimum Gasteiger partial charge on any atom is -0.530 e. The van der Waals surface area contributed by atoms with E-state index < -0.39 is 24.3 Å². The molecule has 4 aromatic rings. The van der Waals surface area contributed by atoms with Gasteiger partial charge < -0.3 is 44.5 Å². The van der Waals surface area contributed by atoms with E-state index in [4.69, 9.17) is 14.2 Å². The summed E-state index contributed by atoms with van der Waals surface area (Å²) in [5, 5.41) is 34.5. The molecule has 0 saturated heterocycles. The summed E-state index contributed by atoms with van der Waals surface area (Å²) in [6.45, 7) is -0.433. The second kappa shape index (κ2) is 16.7. The van der Waals surface area contributed by atoms with E-state index in [-0.39, 0.29) is 32.8 Å². The Morgan fingerprint density at radius 3 is 2.02 bits per heavy atom. The van der Waals surface area contributed by atoms with Gasteiger partial charge in [0.2, 0.25) is 0 Å². The van der Waals surface area contributed by atoms with Crippen molar-refractivity contribution >= 4 is 12.2 Å². The predicted octanol–water partition coefficient (Wildman–Crippen LogP) is 4.07. The third kappa shape index (κ3) is 9.99. The Hall–Kier alpha value is -5.06. The number of alkyl carbamates (subject to hydrolysis) is 1. The van der Waals surface area contributed by atoms with Crippen LogP contribution >= 0.6 is 0 Å². The van der Waals surface area contributed by atoms with Crippen molar-refractivity contribution in [2.24, 2.45) is 0 Å². The summed E-state index contributed by atoms with van der Waals surface area (Å²) in [5.74, 6) is 1.44. The van der Waals surface area contributed by atoms with Gasteiger partial charge in [-0.05, 0) is 59.4 Å². The van der Waals surface area contributed by atoms with Crippen molar-refractivity contribution in [2.45, 2.75) is 38.1 Å². The molecule has 0 aliphatic heterocycles. The highest BCUT2D eigenvalue weighted by Crippen LogP contribution is 2.33. The largest absolute Gasteiger partial charge is 0.530 e. The highest BCUT2D eigenvalue weighted by molar-refractivity contribution is 5.67. The number of nitrogens with zero attached hydrogens (tertiary/aromatic N) is 1. The van der Waals surface area contributed by atoms with Gasteiger partial charge in [-0.15, -0.1) is 0 Å². The Balaban J connectivity index is 1.38. The number of hydrogen-bond acceptors (Lipinski definition) is 8. The lowest BCUT2D eigenvalue weighted by molar-refractivity contribution is -0.269. The minimum atomic E-state index is -1.35. The summed E-state index contributed by atoms with van der Waals surface area (Å²) in [4.78, 5) is 25.3. The van der Waals surface area contributed by atoms with Crippen molar-refractivity contribution in [3.05, 3.63) is 125 Å². The van der Waals surface area contributed by atoms with Gasteiger partial charge in [-0.3, -0.25) is 0 Å². The number of benzene rings is 4. The van der Waals surface area contributed by atoms with Crippen LogP contribution in [0.15, 0.2) is 103 Å². The van der Waals surface area contributed by atoms with Crippen LogP contribution in [0.5, 0.6) is 17.2 Å². The highest BCUT2D eigenvalue weighted by atomic mass is 16.5. The third-order valence-corrected chi connectivity index (χ3v) is 7.17. The number of rotatable bonds is 15. The molecule has 0 bridgehead atoms. The number of carbonyl (C=O) groups is 2. The molecular weight excluding hydrogens is 576 g/mol. The van der Waals surface area contributed by atoms with Crippen LogP contribution in [0.1, 0.15) is 22.3 Å². The van der Waals surface area contributed by atoms with Gasteiger partial charge in [-0.1, -0.05) is 78.9 Å². The van der Waals surface area contributed by atoms with E-state index in [1.54, 1.807) is 36.4 Å². The van der Waals surface area contributed by atoms with Crippen molar-refractivity contribution < 1.29 is 39.1 Å². The number of ether oxygens (including phenoxy) is 3. The van der Waals surface area contributed by atoms with Crippen molar-refractivity contribution in [1.29, 1.82) is 0 Å². The van der Waals surface area contributed by atoms with Crippen LogP contribution in [-0.2, 0) is 30.7 Å². The zero-order valence-electron chi connectivity index (χ0n) is 25.0. The molecule has 0 fully saturated rings. The zero-order chi connectivity index (χ0) is 32.0. The molecule has 4 aromatic carbocycles. The fourth-order valence-corrected chi connectivity index (χ4v) is 4.79. The lowest BCUT2D eigenvalue weighted by Gasteiger charge is -2.33. The van der Waals surface area contributed by atoms with Crippen LogP contribution in [0.2, 0.25) is 0 Å². The first-order valence-corrected chi connectivity index (χ1v) is 14.5. The van der Waals surface area contributed by atoms with E-state index >= 15 is 0 Å². The number of aliphatic hydroxyl groups excluding tert-OH is 2. The lowest BCUT2D eigenvalue weighted by Crippen LogP contribution is -2.49. The molecule has 0 aliphatic carbocycles. The molecular formula is C35H37N2O8-. The molecule has 236 valence electrons. The summed E-state index contributed by atoms with van der Waals surface area (Å²) in [6.07, 6.45) is -1.39. The molecule has 0 aliphatic rings. The first kappa shape index (κ1) is 32.8. The summed E-state index contributed by atoms with van der Waals surface area (Å²) in [5.41, 5.74) is 3.24. The first-order valence-electron chi connectivity index (χ1n) is 14.5. The fraction of sp³-hybridized carbons (Fsp3) is 0.257. The fourth-order valence-electron chi connectivity index (χ4n) is 4.79. The van der Waals surface area contributed by atoms with E-state index in [9.17, 15) is 24.9 Å². The van der Waals surface area contributed by atoms with Crippen LogP contribution in [0.3, 0.4) is 0 Å². The summed E-state index contributed by atoms with van der Waals surface area (Å²) >= 11 is 0. The number of nitrogens with one attached hydrogen (secondary N) is 1. The molecule has 4 rings (SSSR count). The monoisotopic (exact) mass is 613 g/mol. The molecule has 0 spiro atoms. The lowest BCUT2D eigenvalue weighted by atomic mass is 10.0. The molecule has 2 unspecified atom stereocenters. The van der Waals surface area contributed by atoms with Crippen LogP contribution in [-0.4, -0.2) is 59.7 Å². The van der Waals surface area contributed by atoms with E-state index in [1.807, 2.05) is 66.7 Å². The molecule has 0 heterocycles. The second-order valence-corrected chi connectivity index (χ2v) is 10.4. The van der Waals surface area contributed by atoms with E-state index in [0.717, 1.165) is 27.2 Å². The van der Waals surface area contributed by atoms with E-state index in [0.29, 0.717) is 23.7 Å². The maximum Gasteiger partial charge on any atom is 0.407 e. The molecule has 0 aromatic heterocycles. The minimum absolute atomic E-state index is 0.104. The number of amides is 2. The Morgan fingerprint density at radius 2 is 1.42 bits per heavy atom. The Labute approximate surface area is 262 Å². The molecule has 0 saturated carbocycles. The van der Waals surface area contributed by atoms with Crippen molar-refractivity contribution in [2.75, 3.05) is 20.3 Å². The summed E-state index contributed by atoms with van der Waals surface area (Å²) in [6, 6.07) is 29.6. The topological polar surface area (TPSA) is 141 Å². The number of methoxy groups -OCH3 is 1. The normalized spacial score (nSPS) is 12.1. The van der Waals surface area contributed by atoms with Crippen molar-refractivity contribution in [1.82, 2.24) is 10.2 Å². The van der Waals surface area contributed by atoms with E-state index in [2.05, 4.69) is 5.32 Å². The standard InChI is InChI=1S/C35H38N2O8/c1-43-32-17-14-28(18-29(22-38)36-34(40)44-24-27-10-6-3-7-11-27)20-33(32)45-31-15-12-25(13-16-31)19-30(23-39)37(35(41)42)21-26-8-4-2-5-9-26/h2-17,20,29-30,38-39H,18-19,21-24H2,1H3,(H,36,40)(H,41,42)/p-1. The zero-order valence-corrected chi connectivity index (χ0v) is 25.0. The van der Waals surface area contributed by atoms with Crippen LogP contribution in [0.25, 0.3) is 0 Å².